The van der Waals surface area contributed by atoms with E-state index >= 15 is 0 Å². The van der Waals surface area contributed by atoms with E-state index in [-0.39, 0.29) is 17.0 Å². The summed E-state index contributed by atoms with van der Waals surface area (Å²) in [7, 11) is -2.16. The number of methoxy groups -OCH3 is 1. The Morgan fingerprint density at radius 3 is 2.43 bits per heavy atom. The van der Waals surface area contributed by atoms with Crippen molar-refractivity contribution < 1.29 is 13.2 Å². The highest BCUT2D eigenvalue weighted by atomic mass is 32.2. The first-order valence-corrected chi connectivity index (χ1v) is 12.7. The average Bonchev–Trinajstić information content (AvgIpc) is 3.14. The Labute approximate surface area is 204 Å². The second-order valence-corrected chi connectivity index (χ2v) is 10.0. The second kappa shape index (κ2) is 10.3. The monoisotopic (exact) mass is 492 g/mol. The fraction of sp³-hybridized carbons (Fsp3) is 0.231. The number of aryl methyl sites for hydroxylation is 1. The van der Waals surface area contributed by atoms with E-state index < -0.39 is 10.0 Å². The maximum atomic E-state index is 13.2. The van der Waals surface area contributed by atoms with Crippen LogP contribution < -0.4 is 9.86 Å². The summed E-state index contributed by atoms with van der Waals surface area (Å²) >= 11 is 0. The van der Waals surface area contributed by atoms with Gasteiger partial charge in [0.15, 0.2) is 5.82 Å². The normalized spacial score (nSPS) is 11.5. The lowest BCUT2D eigenvalue weighted by molar-refractivity contribution is 0.185. The maximum Gasteiger partial charge on any atom is 0.276 e. The topological polar surface area (TPSA) is 97.3 Å². The molecule has 0 aliphatic carbocycles. The third kappa shape index (κ3) is 5.06. The highest BCUT2D eigenvalue weighted by Gasteiger charge is 2.24. The molecule has 2 aromatic heterocycles. The van der Waals surface area contributed by atoms with E-state index in [1.165, 1.54) is 27.3 Å². The molecule has 4 aromatic rings. The zero-order valence-corrected chi connectivity index (χ0v) is 20.7. The van der Waals surface area contributed by atoms with Gasteiger partial charge in [0.25, 0.3) is 15.6 Å². The molecule has 0 unspecified atom stereocenters. The predicted octanol–water partition coefficient (Wildman–Crippen LogP) is 3.82. The number of sulfonamides is 1. The molecule has 1 N–H and O–H groups in total. The minimum Gasteiger partial charge on any atom is -0.380 e. The number of hydrogen-bond acceptors (Lipinski definition) is 5. The van der Waals surface area contributed by atoms with Crippen LogP contribution >= 0.6 is 0 Å². The number of ether oxygens (including phenoxy) is 1. The summed E-state index contributed by atoms with van der Waals surface area (Å²) < 4.78 is 34.3. The number of para-hydroxylation sites is 1. The second-order valence-electron chi connectivity index (χ2n) is 8.14. The fourth-order valence-corrected chi connectivity index (χ4v) is 5.44. The number of anilines is 1. The molecule has 0 atom stereocenters. The van der Waals surface area contributed by atoms with Crippen LogP contribution in [0.5, 0.6) is 0 Å². The number of nitrogens with zero attached hydrogens (tertiary/aromatic N) is 3. The van der Waals surface area contributed by atoms with Gasteiger partial charge < -0.3 is 4.74 Å². The minimum absolute atomic E-state index is 0.0541. The summed E-state index contributed by atoms with van der Waals surface area (Å²) in [5.74, 6) is 0.319. The first-order chi connectivity index (χ1) is 16.8. The van der Waals surface area contributed by atoms with Crippen LogP contribution in [0.25, 0.3) is 5.82 Å². The van der Waals surface area contributed by atoms with Crippen molar-refractivity contribution in [3.8, 4) is 5.82 Å². The summed E-state index contributed by atoms with van der Waals surface area (Å²) in [5, 5.41) is 3.06. The number of H-pyrrole nitrogens is 1. The molecule has 0 fully saturated rings. The molecule has 0 aliphatic heterocycles. The molecule has 8 nitrogen and oxygen atoms in total. The maximum absolute atomic E-state index is 13.2. The molecule has 35 heavy (non-hydrogen) atoms. The van der Waals surface area contributed by atoms with Crippen LogP contribution in [0.4, 0.5) is 5.69 Å². The largest absolute Gasteiger partial charge is 0.380 e. The molecule has 0 radical (unpaired) electrons. The van der Waals surface area contributed by atoms with Crippen molar-refractivity contribution in [3.05, 3.63) is 106 Å². The first-order valence-electron chi connectivity index (χ1n) is 11.3. The van der Waals surface area contributed by atoms with Gasteiger partial charge in [-0.3, -0.25) is 14.2 Å². The van der Waals surface area contributed by atoms with Gasteiger partial charge in [0, 0.05) is 37.5 Å². The molecule has 0 bridgehead atoms. The highest BCUT2D eigenvalue weighted by molar-refractivity contribution is 7.92. The molecule has 2 heterocycles. The molecule has 0 saturated carbocycles. The van der Waals surface area contributed by atoms with Crippen LogP contribution in [0.3, 0.4) is 0 Å². The van der Waals surface area contributed by atoms with Crippen molar-refractivity contribution in [2.45, 2.75) is 31.8 Å². The SMILES string of the molecule is CCN(c1ccccc1)S(=O)(=O)c1ccc(-n2[nH]c(C)c(Cc3cccc(COC)c3)c2=O)nc1. The van der Waals surface area contributed by atoms with Crippen LogP contribution in [-0.2, 0) is 27.8 Å². The Balaban J connectivity index is 1.62. The van der Waals surface area contributed by atoms with Crippen LogP contribution in [0.15, 0.2) is 82.6 Å². The number of aromatic nitrogens is 3. The molecule has 0 aliphatic rings. The molecule has 0 saturated heterocycles. The molecule has 9 heteroatoms. The Morgan fingerprint density at radius 2 is 1.77 bits per heavy atom. The molecule has 2 aromatic carbocycles. The van der Waals surface area contributed by atoms with Crippen molar-refractivity contribution in [2.24, 2.45) is 0 Å². The van der Waals surface area contributed by atoms with Crippen LogP contribution in [-0.4, -0.2) is 36.8 Å². The third-order valence-corrected chi connectivity index (χ3v) is 7.63. The van der Waals surface area contributed by atoms with E-state index in [9.17, 15) is 13.2 Å². The summed E-state index contributed by atoms with van der Waals surface area (Å²) in [6.07, 6.45) is 1.74. The van der Waals surface area contributed by atoms with Gasteiger partial charge in [-0.2, -0.15) is 0 Å². The summed E-state index contributed by atoms with van der Waals surface area (Å²) in [6, 6.07) is 19.8. The lowest BCUT2D eigenvalue weighted by atomic mass is 10.0. The summed E-state index contributed by atoms with van der Waals surface area (Å²) in [4.78, 5) is 17.5. The standard InChI is InChI=1S/C26H28N4O4S/c1-4-29(22-11-6-5-7-12-22)35(32,33)23-13-14-25(27-17-23)30-26(31)24(19(2)28-30)16-20-9-8-10-21(15-20)18-34-3/h5-15,17,28H,4,16,18H2,1-3H3. The zero-order chi connectivity index (χ0) is 25.0. The molecule has 182 valence electrons. The van der Waals surface area contributed by atoms with E-state index in [0.29, 0.717) is 30.1 Å². The van der Waals surface area contributed by atoms with E-state index in [2.05, 4.69) is 10.1 Å². The average molecular weight is 493 g/mol. The molecular weight excluding hydrogens is 464 g/mol. The van der Waals surface area contributed by atoms with Gasteiger partial charge in [-0.05, 0) is 49.2 Å². The number of rotatable bonds is 9. The van der Waals surface area contributed by atoms with Crippen molar-refractivity contribution in [1.82, 2.24) is 14.8 Å². The fourth-order valence-electron chi connectivity index (χ4n) is 4.02. The minimum atomic E-state index is -3.80. The van der Waals surface area contributed by atoms with Crippen LogP contribution in [0.1, 0.15) is 29.3 Å². The first kappa shape index (κ1) is 24.4. The Kier molecular flexibility index (Phi) is 7.18. The highest BCUT2D eigenvalue weighted by Crippen LogP contribution is 2.23. The van der Waals surface area contributed by atoms with E-state index in [0.717, 1.165) is 16.8 Å². The van der Waals surface area contributed by atoms with E-state index in [1.54, 1.807) is 38.3 Å². The van der Waals surface area contributed by atoms with Gasteiger partial charge in [0.1, 0.15) is 4.90 Å². The van der Waals surface area contributed by atoms with Gasteiger partial charge in [-0.1, -0.05) is 42.5 Å². The van der Waals surface area contributed by atoms with Gasteiger partial charge in [0.2, 0.25) is 0 Å². The van der Waals surface area contributed by atoms with Gasteiger partial charge >= 0.3 is 0 Å². The van der Waals surface area contributed by atoms with E-state index in [4.69, 9.17) is 4.74 Å². The number of aromatic amines is 1. The van der Waals surface area contributed by atoms with Gasteiger partial charge in [-0.25, -0.2) is 18.1 Å². The number of hydrogen-bond donors (Lipinski definition) is 1. The predicted molar refractivity (Wildman–Crippen MR) is 136 cm³/mol. The lowest BCUT2D eigenvalue weighted by Crippen LogP contribution is -2.30. The third-order valence-electron chi connectivity index (χ3n) is 5.75. The van der Waals surface area contributed by atoms with Crippen molar-refractivity contribution in [3.63, 3.8) is 0 Å². The molecule has 0 spiro atoms. The Morgan fingerprint density at radius 1 is 1.03 bits per heavy atom. The summed E-state index contributed by atoms with van der Waals surface area (Å²) in [6.45, 7) is 4.39. The van der Waals surface area contributed by atoms with Crippen molar-refractivity contribution in [2.75, 3.05) is 18.0 Å². The number of nitrogens with one attached hydrogen (secondary N) is 1. The number of pyridine rings is 1. The molecular formula is C26H28N4O4S. The van der Waals surface area contributed by atoms with Crippen LogP contribution in [0.2, 0.25) is 0 Å². The Hall–Kier alpha value is -3.69. The van der Waals surface area contributed by atoms with E-state index in [1.807, 2.05) is 37.3 Å². The number of benzene rings is 2. The molecule has 0 amide bonds. The van der Waals surface area contributed by atoms with Crippen LogP contribution in [0, 0.1) is 6.92 Å². The van der Waals surface area contributed by atoms with Gasteiger partial charge in [0.05, 0.1) is 12.3 Å². The lowest BCUT2D eigenvalue weighted by Gasteiger charge is -2.22. The quantitative estimate of drug-likeness (QED) is 0.383. The zero-order valence-electron chi connectivity index (χ0n) is 19.9. The molecule has 4 rings (SSSR count). The smallest absolute Gasteiger partial charge is 0.276 e. The van der Waals surface area contributed by atoms with Gasteiger partial charge in [-0.15, -0.1) is 0 Å². The summed E-state index contributed by atoms with van der Waals surface area (Å²) in [5.41, 5.74) is 3.75. The van der Waals surface area contributed by atoms with Crippen molar-refractivity contribution in [1.29, 1.82) is 0 Å². The Bertz CT molecular complexity index is 1460. The van der Waals surface area contributed by atoms with Crippen molar-refractivity contribution >= 4 is 15.7 Å².